The number of piperidine rings is 1. The molecule has 1 saturated heterocycles. The number of hydrogen-bond donors (Lipinski definition) is 2. The van der Waals surface area contributed by atoms with Gasteiger partial charge in [-0.25, -0.2) is 9.89 Å². The molecule has 8 nitrogen and oxygen atoms in total. The van der Waals surface area contributed by atoms with E-state index in [1.807, 2.05) is 0 Å². The first kappa shape index (κ1) is 15.7. The summed E-state index contributed by atoms with van der Waals surface area (Å²) in [6.45, 7) is 4.65. The monoisotopic (exact) mass is 306 g/mol. The van der Waals surface area contributed by atoms with Gasteiger partial charge in [0.05, 0.1) is 0 Å². The molecule has 2 rings (SSSR count). The second-order valence-corrected chi connectivity index (χ2v) is 4.90. The number of rotatable bonds is 4. The highest BCUT2D eigenvalue weighted by Gasteiger charge is 2.25. The SMILES string of the molecule is C=CCOC(=O)NC1CCN(C(=O)c2ccc(=O)[nH]n2)CC1. The number of nitrogens with one attached hydrogen (secondary N) is 2. The summed E-state index contributed by atoms with van der Waals surface area (Å²) >= 11 is 0. The predicted molar refractivity (Wildman–Crippen MR) is 78.5 cm³/mol. The Kier molecular flexibility index (Phi) is 5.29. The maximum atomic E-state index is 12.2. The van der Waals surface area contributed by atoms with Crippen molar-refractivity contribution >= 4 is 12.0 Å². The molecule has 1 aromatic rings. The number of carbonyl (C=O) groups is 2. The van der Waals surface area contributed by atoms with Crippen molar-refractivity contribution in [3.63, 3.8) is 0 Å². The zero-order chi connectivity index (χ0) is 15.9. The number of nitrogens with zero attached hydrogens (tertiary/aromatic N) is 2. The molecule has 8 heteroatoms. The van der Waals surface area contributed by atoms with Gasteiger partial charge in [-0.15, -0.1) is 0 Å². The lowest BCUT2D eigenvalue weighted by Gasteiger charge is -2.31. The average Bonchev–Trinajstić information content (AvgIpc) is 2.54. The molecular weight excluding hydrogens is 288 g/mol. The van der Waals surface area contributed by atoms with Crippen molar-refractivity contribution in [2.45, 2.75) is 18.9 Å². The molecule has 0 bridgehead atoms. The van der Waals surface area contributed by atoms with Crippen molar-refractivity contribution < 1.29 is 14.3 Å². The lowest BCUT2D eigenvalue weighted by atomic mass is 10.0. The molecule has 1 aromatic heterocycles. The van der Waals surface area contributed by atoms with E-state index in [0.29, 0.717) is 25.9 Å². The number of aromatic amines is 1. The van der Waals surface area contributed by atoms with Crippen LogP contribution in [0.5, 0.6) is 0 Å². The fourth-order valence-corrected chi connectivity index (χ4v) is 2.20. The van der Waals surface area contributed by atoms with Crippen molar-refractivity contribution in [1.82, 2.24) is 20.4 Å². The van der Waals surface area contributed by atoms with Gasteiger partial charge in [0.1, 0.15) is 12.3 Å². The van der Waals surface area contributed by atoms with E-state index >= 15 is 0 Å². The molecule has 1 aliphatic rings. The minimum absolute atomic E-state index is 0.0232. The number of amides is 2. The summed E-state index contributed by atoms with van der Waals surface area (Å²) in [5.74, 6) is -0.232. The summed E-state index contributed by atoms with van der Waals surface area (Å²) in [6, 6.07) is 2.65. The second kappa shape index (κ2) is 7.39. The Morgan fingerprint density at radius 1 is 1.45 bits per heavy atom. The largest absolute Gasteiger partial charge is 0.445 e. The van der Waals surface area contributed by atoms with Crippen LogP contribution in [0, 0.1) is 0 Å². The highest BCUT2D eigenvalue weighted by atomic mass is 16.5. The van der Waals surface area contributed by atoms with Crippen LogP contribution in [-0.2, 0) is 4.74 Å². The van der Waals surface area contributed by atoms with Crippen LogP contribution in [0.3, 0.4) is 0 Å². The molecule has 0 saturated carbocycles. The van der Waals surface area contributed by atoms with E-state index in [0.717, 1.165) is 0 Å². The molecule has 0 spiro atoms. The van der Waals surface area contributed by atoms with Crippen molar-refractivity contribution in [2.24, 2.45) is 0 Å². The minimum atomic E-state index is -0.480. The molecule has 2 amide bonds. The molecule has 1 fully saturated rings. The van der Waals surface area contributed by atoms with Gasteiger partial charge in [0.2, 0.25) is 0 Å². The summed E-state index contributed by atoms with van der Waals surface area (Å²) in [6.07, 6.45) is 2.29. The second-order valence-electron chi connectivity index (χ2n) is 4.90. The lowest BCUT2D eigenvalue weighted by Crippen LogP contribution is -2.47. The van der Waals surface area contributed by atoms with Crippen LogP contribution in [0.2, 0.25) is 0 Å². The summed E-state index contributed by atoms with van der Waals surface area (Å²) in [4.78, 5) is 36.2. The maximum absolute atomic E-state index is 12.2. The van der Waals surface area contributed by atoms with E-state index in [1.54, 1.807) is 4.90 Å². The summed E-state index contributed by atoms with van der Waals surface area (Å²) in [7, 11) is 0. The first-order valence-corrected chi connectivity index (χ1v) is 6.99. The van der Waals surface area contributed by atoms with Gasteiger partial charge in [0.15, 0.2) is 0 Å². The highest BCUT2D eigenvalue weighted by molar-refractivity contribution is 5.92. The van der Waals surface area contributed by atoms with Crippen molar-refractivity contribution in [3.05, 3.63) is 40.8 Å². The van der Waals surface area contributed by atoms with Crippen LogP contribution in [0.25, 0.3) is 0 Å². The van der Waals surface area contributed by atoms with Gasteiger partial charge in [0, 0.05) is 25.2 Å². The van der Waals surface area contributed by atoms with Crippen LogP contribution in [-0.4, -0.2) is 52.8 Å². The Hall–Kier alpha value is -2.64. The van der Waals surface area contributed by atoms with Crippen molar-refractivity contribution in [1.29, 1.82) is 0 Å². The molecule has 0 atom stereocenters. The Morgan fingerprint density at radius 2 is 2.18 bits per heavy atom. The average molecular weight is 306 g/mol. The number of hydrogen-bond acceptors (Lipinski definition) is 5. The quantitative estimate of drug-likeness (QED) is 0.778. The first-order chi connectivity index (χ1) is 10.6. The van der Waals surface area contributed by atoms with E-state index in [1.165, 1.54) is 18.2 Å². The third-order valence-corrected chi connectivity index (χ3v) is 3.33. The lowest BCUT2D eigenvalue weighted by molar-refractivity contribution is 0.0696. The van der Waals surface area contributed by atoms with Gasteiger partial charge in [-0.3, -0.25) is 9.59 Å². The van der Waals surface area contributed by atoms with Crippen molar-refractivity contribution in [2.75, 3.05) is 19.7 Å². The van der Waals surface area contributed by atoms with Crippen LogP contribution in [0.1, 0.15) is 23.3 Å². The summed E-state index contributed by atoms with van der Waals surface area (Å²) in [5.41, 5.74) is -0.145. The topological polar surface area (TPSA) is 104 Å². The van der Waals surface area contributed by atoms with Crippen LogP contribution >= 0.6 is 0 Å². The normalized spacial score (nSPS) is 15.2. The standard InChI is InChI=1S/C14H18N4O4/c1-2-9-22-14(21)15-10-5-7-18(8-6-10)13(20)11-3-4-12(19)17-16-11/h2-4,10H,1,5-9H2,(H,15,21)(H,17,19). The highest BCUT2D eigenvalue weighted by Crippen LogP contribution is 2.12. The Morgan fingerprint density at radius 3 is 2.77 bits per heavy atom. The number of H-pyrrole nitrogens is 1. The van der Waals surface area contributed by atoms with Gasteiger partial charge in [-0.2, -0.15) is 5.10 Å². The Balaban J connectivity index is 1.82. The number of aromatic nitrogens is 2. The maximum Gasteiger partial charge on any atom is 0.407 e. The molecule has 0 aliphatic carbocycles. The van der Waals surface area contributed by atoms with E-state index in [4.69, 9.17) is 4.74 Å². The number of carbonyl (C=O) groups excluding carboxylic acids is 2. The molecule has 2 heterocycles. The van der Waals surface area contributed by atoms with Gasteiger partial charge in [-0.1, -0.05) is 12.7 Å². The molecule has 0 aromatic carbocycles. The van der Waals surface area contributed by atoms with Gasteiger partial charge in [-0.05, 0) is 18.9 Å². The molecule has 22 heavy (non-hydrogen) atoms. The van der Waals surface area contributed by atoms with Crippen LogP contribution in [0.15, 0.2) is 29.6 Å². The van der Waals surface area contributed by atoms with Crippen LogP contribution in [0.4, 0.5) is 4.79 Å². The summed E-state index contributed by atoms with van der Waals surface area (Å²) < 4.78 is 4.86. The smallest absolute Gasteiger partial charge is 0.407 e. The number of alkyl carbamates (subject to hydrolysis) is 1. The zero-order valence-electron chi connectivity index (χ0n) is 12.1. The number of likely N-dealkylation sites (tertiary alicyclic amines) is 1. The van der Waals surface area contributed by atoms with E-state index < -0.39 is 6.09 Å². The van der Waals surface area contributed by atoms with Gasteiger partial charge in [0.25, 0.3) is 11.5 Å². The Labute approximate surface area is 127 Å². The molecule has 0 radical (unpaired) electrons. The third-order valence-electron chi connectivity index (χ3n) is 3.33. The molecule has 1 aliphatic heterocycles. The van der Waals surface area contributed by atoms with E-state index in [-0.39, 0.29) is 29.8 Å². The summed E-state index contributed by atoms with van der Waals surface area (Å²) in [5, 5.41) is 8.72. The minimum Gasteiger partial charge on any atom is -0.445 e. The molecule has 2 N–H and O–H groups in total. The van der Waals surface area contributed by atoms with Gasteiger partial charge >= 0.3 is 6.09 Å². The third kappa shape index (κ3) is 4.18. The van der Waals surface area contributed by atoms with Crippen LogP contribution < -0.4 is 10.9 Å². The fourth-order valence-electron chi connectivity index (χ4n) is 2.20. The molecule has 0 unspecified atom stereocenters. The first-order valence-electron chi connectivity index (χ1n) is 6.99. The fraction of sp³-hybridized carbons (Fsp3) is 0.429. The van der Waals surface area contributed by atoms with E-state index in [9.17, 15) is 14.4 Å². The van der Waals surface area contributed by atoms with E-state index in [2.05, 4.69) is 22.1 Å². The zero-order valence-corrected chi connectivity index (χ0v) is 12.1. The van der Waals surface area contributed by atoms with Crippen molar-refractivity contribution in [3.8, 4) is 0 Å². The Bertz CT molecular complexity index is 585. The number of ether oxygens (including phenoxy) is 1. The van der Waals surface area contributed by atoms with Gasteiger partial charge < -0.3 is 15.0 Å². The molecular formula is C14H18N4O4. The predicted octanol–water partition coefficient (Wildman–Crippen LogP) is 0.287. The molecule has 118 valence electrons.